The lowest BCUT2D eigenvalue weighted by Crippen LogP contribution is -2.15. The van der Waals surface area contributed by atoms with Gasteiger partial charge in [0.25, 0.3) is 0 Å². The van der Waals surface area contributed by atoms with Gasteiger partial charge in [-0.1, -0.05) is 27.7 Å². The average molecular weight is 393 g/mol. The molecule has 1 aromatic carbocycles. The summed E-state index contributed by atoms with van der Waals surface area (Å²) in [5.74, 6) is 1.31. The van der Waals surface area contributed by atoms with Crippen molar-refractivity contribution in [2.45, 2.75) is 66.1 Å². The van der Waals surface area contributed by atoms with Crippen molar-refractivity contribution in [1.29, 1.82) is 0 Å². The van der Waals surface area contributed by atoms with Gasteiger partial charge in [-0.3, -0.25) is 0 Å². The normalized spacial score (nSPS) is 11.2. The van der Waals surface area contributed by atoms with E-state index >= 15 is 0 Å². The van der Waals surface area contributed by atoms with Crippen molar-refractivity contribution in [2.75, 3.05) is 7.11 Å². The first-order chi connectivity index (χ1) is 13.5. The minimum Gasteiger partial charge on any atom is -0.496 e. The molecule has 0 saturated carbocycles. The van der Waals surface area contributed by atoms with Crippen molar-refractivity contribution in [1.82, 2.24) is 4.98 Å². The number of hydrogen-bond acceptors (Lipinski definition) is 4. The highest BCUT2D eigenvalue weighted by molar-refractivity contribution is 5.72. The maximum absolute atomic E-state index is 12.5. The molecule has 28 heavy (non-hydrogen) atoms. The van der Waals surface area contributed by atoms with Gasteiger partial charge in [0.1, 0.15) is 17.2 Å². The molecule has 1 aromatic heterocycles. The highest BCUT2D eigenvalue weighted by Gasteiger charge is 2.18. The Labute approximate surface area is 165 Å². The quantitative estimate of drug-likeness (QED) is 0.493. The molecule has 6 heteroatoms. The third kappa shape index (κ3) is 5.12. The molecule has 0 amide bonds. The van der Waals surface area contributed by atoms with Crippen LogP contribution in [0.2, 0.25) is 0 Å². The maximum atomic E-state index is 12.5. The minimum absolute atomic E-state index is 0.0538. The van der Waals surface area contributed by atoms with E-state index in [1.165, 1.54) is 19.2 Å². The summed E-state index contributed by atoms with van der Waals surface area (Å²) in [5, 5.41) is 0. The summed E-state index contributed by atoms with van der Waals surface area (Å²) in [6, 6.07) is 6.72. The lowest BCUT2D eigenvalue weighted by Gasteiger charge is -2.20. The second kappa shape index (κ2) is 10.2. The standard InChI is InChI=1S/C22H29F2NO3/c1-6-14-12-20(27-15(7-2)8-3)18(9-4)25-21(14)17-11-10-16(28-22(23)24)13-19(17)26-5/h10-13,15,22H,6-9H2,1-5H3. The number of aromatic nitrogens is 1. The lowest BCUT2D eigenvalue weighted by atomic mass is 10.0. The van der Waals surface area contributed by atoms with E-state index in [0.717, 1.165) is 53.9 Å². The van der Waals surface area contributed by atoms with Gasteiger partial charge in [0.2, 0.25) is 0 Å². The van der Waals surface area contributed by atoms with Crippen LogP contribution >= 0.6 is 0 Å². The molecule has 0 spiro atoms. The summed E-state index contributed by atoms with van der Waals surface area (Å²) in [6.45, 7) is 5.42. The van der Waals surface area contributed by atoms with Crippen molar-refractivity contribution in [3.8, 4) is 28.5 Å². The van der Waals surface area contributed by atoms with Crippen LogP contribution in [0.3, 0.4) is 0 Å². The van der Waals surface area contributed by atoms with Crippen LogP contribution in [0.25, 0.3) is 11.3 Å². The predicted octanol–water partition coefficient (Wildman–Crippen LogP) is 6.05. The van der Waals surface area contributed by atoms with E-state index in [1.54, 1.807) is 6.07 Å². The average Bonchev–Trinajstić information content (AvgIpc) is 2.70. The fourth-order valence-corrected chi connectivity index (χ4v) is 3.11. The Balaban J connectivity index is 2.53. The van der Waals surface area contributed by atoms with E-state index in [4.69, 9.17) is 14.5 Å². The predicted molar refractivity (Wildman–Crippen MR) is 107 cm³/mol. The van der Waals surface area contributed by atoms with Gasteiger partial charge in [-0.25, -0.2) is 4.98 Å². The lowest BCUT2D eigenvalue weighted by molar-refractivity contribution is -0.0499. The van der Waals surface area contributed by atoms with Gasteiger partial charge in [-0.05, 0) is 49.4 Å². The molecule has 1 heterocycles. The Morgan fingerprint density at radius 2 is 1.64 bits per heavy atom. The molecule has 0 radical (unpaired) electrons. The van der Waals surface area contributed by atoms with Crippen molar-refractivity contribution in [3.05, 3.63) is 35.5 Å². The van der Waals surface area contributed by atoms with Crippen LogP contribution in [0.1, 0.15) is 51.8 Å². The summed E-state index contributed by atoms with van der Waals surface area (Å²) in [5.41, 5.74) is 3.40. The first-order valence-electron chi connectivity index (χ1n) is 9.79. The molecule has 4 nitrogen and oxygen atoms in total. The third-order valence-corrected chi connectivity index (χ3v) is 4.71. The topological polar surface area (TPSA) is 40.6 Å². The smallest absolute Gasteiger partial charge is 0.387 e. The van der Waals surface area contributed by atoms with Gasteiger partial charge < -0.3 is 14.2 Å². The molecule has 0 atom stereocenters. The van der Waals surface area contributed by atoms with Gasteiger partial charge in [-0.15, -0.1) is 0 Å². The van der Waals surface area contributed by atoms with E-state index < -0.39 is 6.61 Å². The van der Waals surface area contributed by atoms with E-state index in [1.807, 2.05) is 19.9 Å². The molecular formula is C22H29F2NO3. The Morgan fingerprint density at radius 1 is 0.929 bits per heavy atom. The van der Waals surface area contributed by atoms with Crippen LogP contribution in [-0.2, 0) is 12.8 Å². The number of pyridine rings is 1. The highest BCUT2D eigenvalue weighted by atomic mass is 19.3. The number of ether oxygens (including phenoxy) is 3. The van der Waals surface area contributed by atoms with Gasteiger partial charge in [0.15, 0.2) is 0 Å². The highest BCUT2D eigenvalue weighted by Crippen LogP contribution is 2.37. The van der Waals surface area contributed by atoms with Gasteiger partial charge in [-0.2, -0.15) is 8.78 Å². The molecule has 0 fully saturated rings. The number of rotatable bonds is 10. The molecule has 0 bridgehead atoms. The second-order valence-electron chi connectivity index (χ2n) is 6.44. The molecule has 154 valence electrons. The van der Waals surface area contributed by atoms with Crippen LogP contribution in [0.15, 0.2) is 24.3 Å². The van der Waals surface area contributed by atoms with Crippen molar-refractivity contribution in [3.63, 3.8) is 0 Å². The molecular weight excluding hydrogens is 364 g/mol. The Hall–Kier alpha value is -2.37. The number of hydrogen-bond donors (Lipinski definition) is 0. The second-order valence-corrected chi connectivity index (χ2v) is 6.44. The van der Waals surface area contributed by atoms with Gasteiger partial charge in [0.05, 0.1) is 24.6 Å². The van der Waals surface area contributed by atoms with Gasteiger partial charge in [0, 0.05) is 11.6 Å². The molecule has 0 saturated heterocycles. The van der Waals surface area contributed by atoms with Crippen molar-refractivity contribution >= 4 is 0 Å². The van der Waals surface area contributed by atoms with Crippen LogP contribution < -0.4 is 14.2 Å². The van der Waals surface area contributed by atoms with Crippen LogP contribution in [0.5, 0.6) is 17.2 Å². The molecule has 2 aromatic rings. The zero-order valence-electron chi connectivity index (χ0n) is 17.2. The van der Waals surface area contributed by atoms with Crippen molar-refractivity contribution in [2.24, 2.45) is 0 Å². The Morgan fingerprint density at radius 3 is 2.18 bits per heavy atom. The number of benzene rings is 1. The monoisotopic (exact) mass is 393 g/mol. The summed E-state index contributed by atoms with van der Waals surface area (Å²) < 4.78 is 41.1. The zero-order chi connectivity index (χ0) is 20.7. The van der Waals surface area contributed by atoms with Crippen molar-refractivity contribution < 1.29 is 23.0 Å². The SMILES string of the molecule is CCc1cc(OC(CC)CC)c(CC)nc1-c1ccc(OC(F)F)cc1OC. The van der Waals surface area contributed by atoms with E-state index in [9.17, 15) is 8.78 Å². The first kappa shape index (κ1) is 21.9. The van der Waals surface area contributed by atoms with Crippen LogP contribution in [-0.4, -0.2) is 24.8 Å². The zero-order valence-corrected chi connectivity index (χ0v) is 17.2. The summed E-state index contributed by atoms with van der Waals surface area (Å²) in [4.78, 5) is 4.86. The van der Waals surface area contributed by atoms with E-state index in [-0.39, 0.29) is 11.9 Å². The summed E-state index contributed by atoms with van der Waals surface area (Å²) in [7, 11) is 1.50. The van der Waals surface area contributed by atoms with E-state index in [2.05, 4.69) is 18.6 Å². The van der Waals surface area contributed by atoms with Crippen LogP contribution in [0, 0.1) is 0 Å². The number of methoxy groups -OCH3 is 1. The number of halogens is 2. The molecule has 0 N–H and O–H groups in total. The number of alkyl halides is 2. The summed E-state index contributed by atoms with van der Waals surface area (Å²) in [6.07, 6.45) is 3.50. The third-order valence-electron chi connectivity index (χ3n) is 4.71. The fourth-order valence-electron chi connectivity index (χ4n) is 3.11. The Kier molecular flexibility index (Phi) is 8.03. The van der Waals surface area contributed by atoms with Gasteiger partial charge >= 0.3 is 6.61 Å². The van der Waals surface area contributed by atoms with Crippen LogP contribution in [0.4, 0.5) is 8.78 Å². The van der Waals surface area contributed by atoms with E-state index in [0.29, 0.717) is 5.75 Å². The minimum atomic E-state index is -2.88. The maximum Gasteiger partial charge on any atom is 0.387 e. The largest absolute Gasteiger partial charge is 0.496 e. The number of aryl methyl sites for hydroxylation is 2. The molecule has 0 aliphatic heterocycles. The summed E-state index contributed by atoms with van der Waals surface area (Å²) >= 11 is 0. The Bertz CT molecular complexity index is 777. The molecule has 0 aliphatic carbocycles. The molecule has 2 rings (SSSR count). The number of nitrogens with zero attached hydrogens (tertiary/aromatic N) is 1. The fraction of sp³-hybridized carbons (Fsp3) is 0.500. The molecule has 0 unspecified atom stereocenters. The molecule has 0 aliphatic rings. The first-order valence-corrected chi connectivity index (χ1v) is 9.79.